The second kappa shape index (κ2) is 9.36. The average Bonchev–Trinajstić information content (AvgIpc) is 3.29. The van der Waals surface area contributed by atoms with Crippen LogP contribution in [0.25, 0.3) is 0 Å². The van der Waals surface area contributed by atoms with Gasteiger partial charge in [0.1, 0.15) is 6.04 Å². The Balaban J connectivity index is 1.98. The molecule has 0 radical (unpaired) electrons. The summed E-state index contributed by atoms with van der Waals surface area (Å²) in [6.07, 6.45) is 3.30. The van der Waals surface area contributed by atoms with Gasteiger partial charge in [-0.15, -0.1) is 11.8 Å². The summed E-state index contributed by atoms with van der Waals surface area (Å²) in [4.78, 5) is 41.8. The molecule has 0 saturated carbocycles. The molecule has 0 aromatic heterocycles. The van der Waals surface area contributed by atoms with E-state index in [1.165, 1.54) is 0 Å². The fourth-order valence-corrected chi connectivity index (χ4v) is 9.02. The Hall–Kier alpha value is -0.800. The van der Waals surface area contributed by atoms with E-state index in [1.54, 1.807) is 23.6 Å². The minimum atomic E-state index is -0.685. The lowest BCUT2D eigenvalue weighted by Gasteiger charge is -2.37. The maximum atomic E-state index is 13.6. The van der Waals surface area contributed by atoms with Gasteiger partial charge in [-0.25, -0.2) is 0 Å². The van der Waals surface area contributed by atoms with E-state index >= 15 is 0 Å². The normalized spacial score (nSPS) is 36.5. The minimum absolute atomic E-state index is 0.00588. The summed E-state index contributed by atoms with van der Waals surface area (Å²) in [5.41, 5.74) is 0. The van der Waals surface area contributed by atoms with Gasteiger partial charge in [-0.1, -0.05) is 36.2 Å². The summed E-state index contributed by atoms with van der Waals surface area (Å²) >= 11 is 5.37. The van der Waals surface area contributed by atoms with Gasteiger partial charge in [0.05, 0.1) is 29.2 Å². The molecule has 3 N–H and O–H groups in total. The van der Waals surface area contributed by atoms with Crippen LogP contribution in [0.1, 0.15) is 53.4 Å². The first-order chi connectivity index (χ1) is 14.2. The van der Waals surface area contributed by atoms with Crippen molar-refractivity contribution in [3.05, 3.63) is 0 Å². The van der Waals surface area contributed by atoms with Gasteiger partial charge < -0.3 is 20.6 Å². The Morgan fingerprint density at radius 3 is 2.60 bits per heavy atom. The van der Waals surface area contributed by atoms with Gasteiger partial charge in [-0.2, -0.15) is 0 Å². The fraction of sp³-hybridized carbons (Fsp3) is 0.857. The number of carbonyl (C=O) groups is 3. The zero-order valence-corrected chi connectivity index (χ0v) is 20.6. The third-order valence-corrected chi connectivity index (χ3v) is 9.90. The van der Waals surface area contributed by atoms with Crippen LogP contribution in [0.5, 0.6) is 0 Å². The molecule has 0 aliphatic carbocycles. The summed E-state index contributed by atoms with van der Waals surface area (Å²) in [6, 6.07) is -1.16. The number of rotatable bonds is 9. The summed E-state index contributed by atoms with van der Waals surface area (Å²) in [5.74, 6) is -1.45. The highest BCUT2D eigenvalue weighted by Gasteiger charge is 2.75. The highest BCUT2D eigenvalue weighted by molar-refractivity contribution is 9.09. The van der Waals surface area contributed by atoms with Gasteiger partial charge in [-0.3, -0.25) is 14.4 Å². The summed E-state index contributed by atoms with van der Waals surface area (Å²) in [6.45, 7) is 8.15. The van der Waals surface area contributed by atoms with Crippen molar-refractivity contribution in [1.29, 1.82) is 0 Å². The predicted octanol–water partition coefficient (Wildman–Crippen LogP) is 1.66. The topological polar surface area (TPSA) is 98.7 Å². The molecule has 0 aromatic rings. The van der Waals surface area contributed by atoms with Gasteiger partial charge >= 0.3 is 0 Å². The van der Waals surface area contributed by atoms with Crippen LogP contribution in [0.3, 0.4) is 0 Å². The van der Waals surface area contributed by atoms with E-state index in [0.717, 1.165) is 19.3 Å². The number of alkyl halides is 1. The van der Waals surface area contributed by atoms with Gasteiger partial charge in [0, 0.05) is 22.7 Å². The molecule has 30 heavy (non-hydrogen) atoms. The Morgan fingerprint density at radius 1 is 1.30 bits per heavy atom. The zero-order chi connectivity index (χ0) is 22.2. The van der Waals surface area contributed by atoms with Crippen molar-refractivity contribution < 1.29 is 19.5 Å². The molecular weight excluding hydrogens is 470 g/mol. The van der Waals surface area contributed by atoms with Crippen molar-refractivity contribution in [2.45, 2.75) is 86.3 Å². The van der Waals surface area contributed by atoms with E-state index in [2.05, 4.69) is 33.5 Å². The molecule has 3 aliphatic heterocycles. The van der Waals surface area contributed by atoms with Gasteiger partial charge in [0.25, 0.3) is 0 Å². The van der Waals surface area contributed by atoms with Crippen LogP contribution in [0.4, 0.5) is 0 Å². The molecule has 3 heterocycles. The Labute approximate surface area is 191 Å². The van der Waals surface area contributed by atoms with Crippen molar-refractivity contribution in [3.8, 4) is 0 Å². The SMILES string of the molecule is CCCNC(=O)[C@H]1[C@H]2C(=O)N([C@H](C)CO)C(C(=O)NC(C)CCC)C23CC(Br)[C@@H]1S3. The Kier molecular flexibility index (Phi) is 7.45. The first kappa shape index (κ1) is 23.9. The summed E-state index contributed by atoms with van der Waals surface area (Å²) in [5, 5.41) is 15.9. The highest BCUT2D eigenvalue weighted by atomic mass is 79.9. The highest BCUT2D eigenvalue weighted by Crippen LogP contribution is 2.67. The first-order valence-corrected chi connectivity index (χ1v) is 12.9. The van der Waals surface area contributed by atoms with E-state index in [9.17, 15) is 19.5 Å². The second-order valence-electron chi connectivity index (χ2n) is 8.93. The number of hydrogen-bond donors (Lipinski definition) is 3. The number of nitrogens with zero attached hydrogens (tertiary/aromatic N) is 1. The number of carbonyl (C=O) groups excluding carboxylic acids is 3. The van der Waals surface area contributed by atoms with Crippen LogP contribution in [0.15, 0.2) is 0 Å². The maximum absolute atomic E-state index is 13.6. The van der Waals surface area contributed by atoms with E-state index in [1.807, 2.05) is 13.8 Å². The summed E-state index contributed by atoms with van der Waals surface area (Å²) < 4.78 is -0.649. The molecule has 0 aromatic carbocycles. The number of nitrogens with one attached hydrogen (secondary N) is 2. The number of halogens is 1. The van der Waals surface area contributed by atoms with E-state index in [4.69, 9.17) is 0 Å². The zero-order valence-electron chi connectivity index (χ0n) is 18.2. The second-order valence-corrected chi connectivity index (χ2v) is 11.6. The third kappa shape index (κ3) is 3.79. The molecule has 170 valence electrons. The van der Waals surface area contributed by atoms with Crippen LogP contribution in [-0.2, 0) is 14.4 Å². The largest absolute Gasteiger partial charge is 0.394 e. The maximum Gasteiger partial charge on any atom is 0.244 e. The molecule has 9 heteroatoms. The standard InChI is InChI=1S/C21H34BrN3O4S/c1-5-7-11(3)24-19(28)17-21-9-13(22)16(30-21)14(18(27)23-8-6-2)15(21)20(29)25(17)12(4)10-26/h11-17,26H,5-10H2,1-4H3,(H,23,27)(H,24,28)/t11?,12-,13?,14+,15+,16+,17?,21?/m1/s1. The molecule has 7 nitrogen and oxygen atoms in total. The number of fused-ring (bicyclic) bond motifs is 1. The smallest absolute Gasteiger partial charge is 0.244 e. The van der Waals surface area contributed by atoms with Crippen LogP contribution in [0, 0.1) is 11.8 Å². The summed E-state index contributed by atoms with van der Waals surface area (Å²) in [7, 11) is 0. The van der Waals surface area contributed by atoms with Crippen LogP contribution >= 0.6 is 27.7 Å². The van der Waals surface area contributed by atoms with Crippen molar-refractivity contribution in [2.24, 2.45) is 11.8 Å². The molecule has 4 unspecified atom stereocenters. The number of amides is 3. The number of thioether (sulfide) groups is 1. The van der Waals surface area contributed by atoms with E-state index in [0.29, 0.717) is 13.0 Å². The average molecular weight is 504 g/mol. The quantitative estimate of drug-likeness (QED) is 0.415. The first-order valence-electron chi connectivity index (χ1n) is 11.1. The molecule has 3 amide bonds. The molecule has 3 saturated heterocycles. The lowest BCUT2D eigenvalue weighted by atomic mass is 9.70. The fourth-order valence-electron chi connectivity index (χ4n) is 5.42. The lowest BCUT2D eigenvalue weighted by molar-refractivity contribution is -0.142. The Bertz CT molecular complexity index is 695. The molecule has 1 spiro atoms. The molecule has 3 fully saturated rings. The van der Waals surface area contributed by atoms with Gasteiger partial charge in [0.2, 0.25) is 17.7 Å². The molecule has 3 aliphatic rings. The number of likely N-dealkylation sites (tertiary alicyclic amines) is 1. The number of aliphatic hydroxyl groups excluding tert-OH is 1. The van der Waals surface area contributed by atoms with Crippen molar-refractivity contribution in [3.63, 3.8) is 0 Å². The monoisotopic (exact) mass is 503 g/mol. The van der Waals surface area contributed by atoms with Crippen LogP contribution < -0.4 is 10.6 Å². The molecule has 2 bridgehead atoms. The molecule has 3 rings (SSSR count). The molecule has 8 atom stereocenters. The Morgan fingerprint density at radius 2 is 2.00 bits per heavy atom. The van der Waals surface area contributed by atoms with E-state index < -0.39 is 28.7 Å². The molecular formula is C21H34BrN3O4S. The van der Waals surface area contributed by atoms with Crippen LogP contribution in [-0.4, -0.2) is 73.8 Å². The predicted molar refractivity (Wildman–Crippen MR) is 121 cm³/mol. The lowest BCUT2D eigenvalue weighted by Crippen LogP contribution is -2.57. The van der Waals surface area contributed by atoms with Gasteiger partial charge in [-0.05, 0) is 33.1 Å². The van der Waals surface area contributed by atoms with Gasteiger partial charge in [0.15, 0.2) is 0 Å². The van der Waals surface area contributed by atoms with Crippen LogP contribution in [0.2, 0.25) is 0 Å². The minimum Gasteiger partial charge on any atom is -0.394 e. The van der Waals surface area contributed by atoms with Crippen molar-refractivity contribution in [1.82, 2.24) is 15.5 Å². The number of aliphatic hydroxyl groups is 1. The number of hydrogen-bond acceptors (Lipinski definition) is 5. The third-order valence-electron chi connectivity index (χ3n) is 6.68. The van der Waals surface area contributed by atoms with Crippen molar-refractivity contribution >= 4 is 45.4 Å². The van der Waals surface area contributed by atoms with E-state index in [-0.39, 0.29) is 40.4 Å². The van der Waals surface area contributed by atoms with Crippen molar-refractivity contribution in [2.75, 3.05) is 13.2 Å².